The SMILES string of the molecule is CCC(CC)(CNC(=O)N(CCO)C(C)C)C(=O)O. The second kappa shape index (κ2) is 7.99. The fourth-order valence-electron chi connectivity index (χ4n) is 1.93. The van der Waals surface area contributed by atoms with E-state index in [9.17, 15) is 14.7 Å². The fraction of sp³-hybridized carbons (Fsp3) is 0.846. The van der Waals surface area contributed by atoms with Crippen molar-refractivity contribution in [3.8, 4) is 0 Å². The van der Waals surface area contributed by atoms with E-state index in [1.165, 1.54) is 4.90 Å². The van der Waals surface area contributed by atoms with Crippen LogP contribution in [0.25, 0.3) is 0 Å². The van der Waals surface area contributed by atoms with Crippen molar-refractivity contribution in [1.29, 1.82) is 0 Å². The minimum Gasteiger partial charge on any atom is -0.481 e. The van der Waals surface area contributed by atoms with E-state index in [1.807, 2.05) is 13.8 Å². The van der Waals surface area contributed by atoms with Gasteiger partial charge >= 0.3 is 12.0 Å². The van der Waals surface area contributed by atoms with Crippen molar-refractivity contribution in [1.82, 2.24) is 10.2 Å². The molecule has 0 aromatic carbocycles. The lowest BCUT2D eigenvalue weighted by Crippen LogP contribution is -2.50. The molecule has 19 heavy (non-hydrogen) atoms. The number of carboxylic acid groups (broad SMARTS) is 1. The molecule has 2 amide bonds. The van der Waals surface area contributed by atoms with Crippen LogP contribution in [0.15, 0.2) is 0 Å². The summed E-state index contributed by atoms with van der Waals surface area (Å²) >= 11 is 0. The quantitative estimate of drug-likeness (QED) is 0.622. The Kier molecular flexibility index (Phi) is 7.44. The molecule has 0 radical (unpaired) electrons. The van der Waals surface area contributed by atoms with Crippen molar-refractivity contribution in [3.05, 3.63) is 0 Å². The molecule has 0 aromatic heterocycles. The van der Waals surface area contributed by atoms with Crippen molar-refractivity contribution < 1.29 is 19.8 Å². The molecule has 3 N–H and O–H groups in total. The normalized spacial score (nSPS) is 11.5. The van der Waals surface area contributed by atoms with E-state index in [2.05, 4.69) is 5.32 Å². The highest BCUT2D eigenvalue weighted by atomic mass is 16.4. The smallest absolute Gasteiger partial charge is 0.317 e. The monoisotopic (exact) mass is 274 g/mol. The number of aliphatic hydroxyl groups excluding tert-OH is 1. The van der Waals surface area contributed by atoms with Crippen LogP contribution in [0, 0.1) is 5.41 Å². The van der Waals surface area contributed by atoms with Gasteiger partial charge in [-0.15, -0.1) is 0 Å². The number of rotatable bonds is 8. The predicted molar refractivity (Wildman–Crippen MR) is 73.0 cm³/mol. The summed E-state index contributed by atoms with van der Waals surface area (Å²) in [6.07, 6.45) is 0.918. The zero-order chi connectivity index (χ0) is 15.1. The molecule has 0 spiro atoms. The van der Waals surface area contributed by atoms with Crippen LogP contribution in [0.4, 0.5) is 4.79 Å². The van der Waals surface area contributed by atoms with E-state index in [0.717, 1.165) is 0 Å². The Labute approximate surface area is 114 Å². The average molecular weight is 274 g/mol. The van der Waals surface area contributed by atoms with Gasteiger partial charge < -0.3 is 20.4 Å². The molecular weight excluding hydrogens is 248 g/mol. The topological polar surface area (TPSA) is 89.9 Å². The lowest BCUT2D eigenvalue weighted by Gasteiger charge is -2.30. The van der Waals surface area contributed by atoms with Gasteiger partial charge in [0.25, 0.3) is 0 Å². The maximum Gasteiger partial charge on any atom is 0.317 e. The molecule has 0 saturated heterocycles. The maximum atomic E-state index is 12.0. The Hall–Kier alpha value is -1.30. The maximum absolute atomic E-state index is 12.0. The van der Waals surface area contributed by atoms with Gasteiger partial charge in [-0.3, -0.25) is 4.79 Å². The molecule has 6 nitrogen and oxygen atoms in total. The van der Waals surface area contributed by atoms with Crippen molar-refractivity contribution in [2.75, 3.05) is 19.7 Å². The Morgan fingerprint density at radius 2 is 1.79 bits per heavy atom. The summed E-state index contributed by atoms with van der Waals surface area (Å²) in [5.74, 6) is -0.893. The van der Waals surface area contributed by atoms with E-state index in [1.54, 1.807) is 13.8 Å². The summed E-state index contributed by atoms with van der Waals surface area (Å²) in [5, 5.41) is 20.9. The van der Waals surface area contributed by atoms with Crippen LogP contribution in [-0.2, 0) is 4.79 Å². The molecule has 0 saturated carbocycles. The molecule has 0 aliphatic carbocycles. The van der Waals surface area contributed by atoms with Gasteiger partial charge in [-0.05, 0) is 26.7 Å². The molecule has 6 heteroatoms. The number of amides is 2. The summed E-state index contributed by atoms with van der Waals surface area (Å²) in [5.41, 5.74) is -0.919. The van der Waals surface area contributed by atoms with Gasteiger partial charge in [-0.25, -0.2) is 4.79 Å². The van der Waals surface area contributed by atoms with E-state index in [-0.39, 0.29) is 31.8 Å². The molecular formula is C13H26N2O4. The zero-order valence-corrected chi connectivity index (χ0v) is 12.3. The summed E-state index contributed by atoms with van der Waals surface area (Å²) in [4.78, 5) is 24.8. The first kappa shape index (κ1) is 17.7. The van der Waals surface area contributed by atoms with E-state index in [4.69, 9.17) is 5.11 Å². The number of hydrogen-bond acceptors (Lipinski definition) is 3. The van der Waals surface area contributed by atoms with E-state index in [0.29, 0.717) is 12.8 Å². The second-order valence-electron chi connectivity index (χ2n) is 4.96. The molecule has 0 aliphatic rings. The van der Waals surface area contributed by atoms with Gasteiger partial charge in [-0.1, -0.05) is 13.8 Å². The molecule has 0 unspecified atom stereocenters. The van der Waals surface area contributed by atoms with Crippen molar-refractivity contribution in [3.63, 3.8) is 0 Å². The highest BCUT2D eigenvalue weighted by Gasteiger charge is 2.35. The number of nitrogens with one attached hydrogen (secondary N) is 1. The number of carboxylic acids is 1. The highest BCUT2D eigenvalue weighted by molar-refractivity contribution is 5.78. The molecule has 0 aromatic rings. The minimum atomic E-state index is -0.919. The third-order valence-electron chi connectivity index (χ3n) is 3.61. The lowest BCUT2D eigenvalue weighted by molar-refractivity contribution is -0.149. The van der Waals surface area contributed by atoms with Crippen LogP contribution in [0.2, 0.25) is 0 Å². The summed E-state index contributed by atoms with van der Waals surface area (Å²) < 4.78 is 0. The number of hydrogen-bond donors (Lipinski definition) is 3. The minimum absolute atomic E-state index is 0.0466. The first-order valence-corrected chi connectivity index (χ1v) is 6.73. The predicted octanol–water partition coefficient (Wildman–Crippen LogP) is 1.29. The summed E-state index contributed by atoms with van der Waals surface area (Å²) in [7, 11) is 0. The second-order valence-corrected chi connectivity index (χ2v) is 4.96. The number of aliphatic hydroxyl groups is 1. The molecule has 112 valence electrons. The van der Waals surface area contributed by atoms with Crippen molar-refractivity contribution >= 4 is 12.0 Å². The standard InChI is InChI=1S/C13H26N2O4/c1-5-13(6-2,11(17)18)9-14-12(19)15(7-8-16)10(3)4/h10,16H,5-9H2,1-4H3,(H,14,19)(H,17,18). The van der Waals surface area contributed by atoms with Gasteiger partial charge in [0, 0.05) is 19.1 Å². The van der Waals surface area contributed by atoms with Crippen LogP contribution in [0.5, 0.6) is 0 Å². The first-order chi connectivity index (χ1) is 8.84. The van der Waals surface area contributed by atoms with Crippen molar-refractivity contribution in [2.24, 2.45) is 5.41 Å². The average Bonchev–Trinajstić information content (AvgIpc) is 2.36. The number of carbonyl (C=O) groups is 2. The summed E-state index contributed by atoms with van der Waals surface area (Å²) in [6.45, 7) is 7.52. The molecule has 0 aliphatic heterocycles. The Bertz CT molecular complexity index is 301. The molecule has 0 heterocycles. The fourth-order valence-corrected chi connectivity index (χ4v) is 1.93. The number of carbonyl (C=O) groups excluding carboxylic acids is 1. The highest BCUT2D eigenvalue weighted by Crippen LogP contribution is 2.25. The van der Waals surface area contributed by atoms with Gasteiger partial charge in [-0.2, -0.15) is 0 Å². The molecule has 0 atom stereocenters. The Morgan fingerprint density at radius 1 is 1.26 bits per heavy atom. The van der Waals surface area contributed by atoms with Gasteiger partial charge in [0.2, 0.25) is 0 Å². The number of aliphatic carboxylic acids is 1. The zero-order valence-electron chi connectivity index (χ0n) is 12.3. The van der Waals surface area contributed by atoms with Gasteiger partial charge in [0.05, 0.1) is 12.0 Å². The Balaban J connectivity index is 4.67. The van der Waals surface area contributed by atoms with Gasteiger partial charge in [0.1, 0.15) is 0 Å². The Morgan fingerprint density at radius 3 is 2.11 bits per heavy atom. The van der Waals surface area contributed by atoms with Crippen LogP contribution < -0.4 is 5.32 Å². The van der Waals surface area contributed by atoms with Crippen LogP contribution in [-0.4, -0.2) is 52.9 Å². The largest absolute Gasteiger partial charge is 0.481 e. The number of urea groups is 1. The van der Waals surface area contributed by atoms with E-state index >= 15 is 0 Å². The number of nitrogens with zero attached hydrogens (tertiary/aromatic N) is 1. The molecule has 0 bridgehead atoms. The van der Waals surface area contributed by atoms with Crippen LogP contribution >= 0.6 is 0 Å². The molecule has 0 rings (SSSR count). The first-order valence-electron chi connectivity index (χ1n) is 6.73. The summed E-state index contributed by atoms with van der Waals surface area (Å²) in [6, 6.07) is -0.383. The van der Waals surface area contributed by atoms with Gasteiger partial charge in [0.15, 0.2) is 0 Å². The lowest BCUT2D eigenvalue weighted by atomic mass is 9.82. The van der Waals surface area contributed by atoms with E-state index < -0.39 is 11.4 Å². The third kappa shape index (κ3) is 4.70. The molecule has 0 fully saturated rings. The van der Waals surface area contributed by atoms with Crippen molar-refractivity contribution in [2.45, 2.75) is 46.6 Å². The van der Waals surface area contributed by atoms with Crippen LogP contribution in [0.3, 0.4) is 0 Å². The van der Waals surface area contributed by atoms with Crippen LogP contribution in [0.1, 0.15) is 40.5 Å². The third-order valence-corrected chi connectivity index (χ3v) is 3.61.